The normalized spacial score (nSPS) is 9.43. The average molecular weight is 196 g/mol. The molecule has 0 N–H and O–H groups in total. The van der Waals surface area contributed by atoms with Crippen LogP contribution in [0.4, 0.5) is 0 Å². The zero-order valence-electron chi connectivity index (χ0n) is 3.24. The SMILES string of the molecule is Clc1cs[c]c1Br. The Hall–Kier alpha value is 0.470. The molecule has 0 spiro atoms. The fourth-order valence-corrected chi connectivity index (χ4v) is 1.51. The Kier molecular flexibility index (Phi) is 1.73. The summed E-state index contributed by atoms with van der Waals surface area (Å²) in [5, 5.41) is 5.46. The van der Waals surface area contributed by atoms with Crippen molar-refractivity contribution in [1.29, 1.82) is 0 Å². The van der Waals surface area contributed by atoms with E-state index in [9.17, 15) is 0 Å². The Labute approximate surface area is 59.2 Å². The van der Waals surface area contributed by atoms with Crippen LogP contribution in [0.2, 0.25) is 5.02 Å². The van der Waals surface area contributed by atoms with Crippen LogP contribution in [0.3, 0.4) is 0 Å². The lowest BCUT2D eigenvalue weighted by atomic mass is 10.7. The Morgan fingerprint density at radius 3 is 2.71 bits per heavy atom. The van der Waals surface area contributed by atoms with Crippen LogP contribution in [-0.4, -0.2) is 0 Å². The molecule has 0 aliphatic heterocycles. The van der Waals surface area contributed by atoms with E-state index in [0.717, 1.165) is 9.50 Å². The molecule has 0 aliphatic rings. The zero-order valence-corrected chi connectivity index (χ0v) is 6.40. The molecule has 3 heteroatoms. The molecule has 1 aromatic heterocycles. The summed E-state index contributed by atoms with van der Waals surface area (Å²) in [6.45, 7) is 0. The van der Waals surface area contributed by atoms with Gasteiger partial charge in [-0.1, -0.05) is 11.6 Å². The van der Waals surface area contributed by atoms with E-state index in [-0.39, 0.29) is 0 Å². The van der Waals surface area contributed by atoms with Crippen LogP contribution in [0.5, 0.6) is 0 Å². The van der Waals surface area contributed by atoms with Crippen molar-refractivity contribution >= 4 is 38.9 Å². The molecule has 0 amide bonds. The second-order valence-corrected chi connectivity index (χ2v) is 2.88. The maximum Gasteiger partial charge on any atom is 0.0662 e. The van der Waals surface area contributed by atoms with Crippen LogP contribution in [0.25, 0.3) is 0 Å². The molecule has 1 heterocycles. The Bertz CT molecular complexity index is 144. The minimum absolute atomic E-state index is 0.741. The van der Waals surface area contributed by atoms with Crippen molar-refractivity contribution in [2.75, 3.05) is 0 Å². The van der Waals surface area contributed by atoms with Gasteiger partial charge >= 0.3 is 0 Å². The highest BCUT2D eigenvalue weighted by Crippen LogP contribution is 2.24. The number of halogens is 2. The summed E-state index contributed by atoms with van der Waals surface area (Å²) in [5.41, 5.74) is 0. The van der Waals surface area contributed by atoms with Gasteiger partial charge in [0, 0.05) is 5.38 Å². The van der Waals surface area contributed by atoms with Crippen LogP contribution >= 0.6 is 38.9 Å². The van der Waals surface area contributed by atoms with Gasteiger partial charge < -0.3 is 0 Å². The summed E-state index contributed by atoms with van der Waals surface area (Å²) in [7, 11) is 0. The van der Waals surface area contributed by atoms with Gasteiger partial charge in [0.15, 0.2) is 0 Å². The molecule has 0 bridgehead atoms. The fraction of sp³-hybridized carbons (Fsp3) is 0. The third-order valence-corrected chi connectivity index (χ3v) is 2.74. The number of hydrogen-bond donors (Lipinski definition) is 0. The van der Waals surface area contributed by atoms with E-state index in [2.05, 4.69) is 21.3 Å². The highest BCUT2D eigenvalue weighted by molar-refractivity contribution is 9.10. The second-order valence-electron chi connectivity index (χ2n) is 1.000. The maximum absolute atomic E-state index is 5.56. The lowest BCUT2D eigenvalue weighted by molar-refractivity contribution is 1.87. The first-order valence-corrected chi connectivity index (χ1v) is 3.66. The van der Waals surface area contributed by atoms with Gasteiger partial charge in [-0.2, -0.15) is 0 Å². The molecular weight excluding hydrogens is 195 g/mol. The van der Waals surface area contributed by atoms with Crippen molar-refractivity contribution in [3.63, 3.8) is 0 Å². The molecule has 0 nitrogen and oxygen atoms in total. The molecule has 0 unspecified atom stereocenters. The van der Waals surface area contributed by atoms with Crippen molar-refractivity contribution in [3.8, 4) is 0 Å². The molecule has 0 saturated heterocycles. The molecule has 0 aliphatic carbocycles. The summed E-state index contributed by atoms with van der Waals surface area (Å²) in [6.07, 6.45) is 0. The van der Waals surface area contributed by atoms with Gasteiger partial charge in [-0.25, -0.2) is 0 Å². The molecule has 0 saturated carbocycles. The minimum atomic E-state index is 0.741. The fourth-order valence-electron chi connectivity index (χ4n) is 0.233. The molecule has 0 fully saturated rings. The number of rotatable bonds is 0. The third kappa shape index (κ3) is 1.18. The second kappa shape index (κ2) is 2.16. The first kappa shape index (κ1) is 5.60. The smallest absolute Gasteiger partial charge is 0.0662 e. The maximum atomic E-state index is 5.56. The first-order chi connectivity index (χ1) is 3.30. The molecule has 0 atom stereocenters. The van der Waals surface area contributed by atoms with Gasteiger partial charge in [-0.15, -0.1) is 11.3 Å². The summed E-state index contributed by atoms with van der Waals surface area (Å²) in [5.74, 6) is 0. The van der Waals surface area contributed by atoms with E-state index in [4.69, 9.17) is 11.6 Å². The standard InChI is InChI=1S/C4HBrClS/c5-3-1-7-2-4(3)6/h2H. The largest absolute Gasteiger partial charge is 0.140 e. The zero-order chi connectivity index (χ0) is 5.28. The van der Waals surface area contributed by atoms with E-state index in [0.29, 0.717) is 0 Å². The van der Waals surface area contributed by atoms with Crippen molar-refractivity contribution in [2.45, 2.75) is 0 Å². The van der Waals surface area contributed by atoms with E-state index >= 15 is 0 Å². The van der Waals surface area contributed by atoms with Crippen LogP contribution in [0, 0.1) is 5.38 Å². The van der Waals surface area contributed by atoms with Crippen LogP contribution in [0.1, 0.15) is 0 Å². The third-order valence-electron chi connectivity index (χ3n) is 0.521. The highest BCUT2D eigenvalue weighted by Gasteiger charge is 1.92. The first-order valence-electron chi connectivity index (χ1n) is 1.61. The summed E-state index contributed by atoms with van der Waals surface area (Å²) < 4.78 is 0.860. The van der Waals surface area contributed by atoms with Crippen molar-refractivity contribution in [3.05, 3.63) is 20.3 Å². The van der Waals surface area contributed by atoms with Crippen LogP contribution in [-0.2, 0) is 0 Å². The highest BCUT2D eigenvalue weighted by atomic mass is 79.9. The molecule has 1 rings (SSSR count). The molecule has 1 aromatic rings. The quantitative estimate of drug-likeness (QED) is 0.598. The van der Waals surface area contributed by atoms with Crippen LogP contribution < -0.4 is 0 Å². The summed E-state index contributed by atoms with van der Waals surface area (Å²) in [6, 6.07) is 0. The summed E-state index contributed by atoms with van der Waals surface area (Å²) >= 11 is 10.2. The van der Waals surface area contributed by atoms with Crippen molar-refractivity contribution in [2.24, 2.45) is 0 Å². The average Bonchev–Trinajstić information content (AvgIpc) is 1.91. The van der Waals surface area contributed by atoms with Crippen molar-refractivity contribution in [1.82, 2.24) is 0 Å². The lowest BCUT2D eigenvalue weighted by Crippen LogP contribution is -1.46. The van der Waals surface area contributed by atoms with E-state index in [1.165, 1.54) is 11.3 Å². The monoisotopic (exact) mass is 195 g/mol. The number of thiophene rings is 1. The Balaban J connectivity index is 3.12. The molecular formula is C4HBrClS. The van der Waals surface area contributed by atoms with Crippen molar-refractivity contribution < 1.29 is 0 Å². The molecule has 7 heavy (non-hydrogen) atoms. The lowest BCUT2D eigenvalue weighted by Gasteiger charge is -1.73. The van der Waals surface area contributed by atoms with Gasteiger partial charge in [0.25, 0.3) is 0 Å². The summed E-state index contributed by atoms with van der Waals surface area (Å²) in [4.78, 5) is 0. The van der Waals surface area contributed by atoms with E-state index in [1.807, 2.05) is 5.38 Å². The molecule has 37 valence electrons. The van der Waals surface area contributed by atoms with Gasteiger partial charge in [0.1, 0.15) is 0 Å². The topological polar surface area (TPSA) is 0 Å². The van der Waals surface area contributed by atoms with E-state index < -0.39 is 0 Å². The molecule has 0 aromatic carbocycles. The predicted octanol–water partition coefficient (Wildman–Crippen LogP) is 2.96. The van der Waals surface area contributed by atoms with Gasteiger partial charge in [0.2, 0.25) is 0 Å². The predicted molar refractivity (Wildman–Crippen MR) is 35.9 cm³/mol. The Morgan fingerprint density at radius 1 is 1.86 bits per heavy atom. The van der Waals surface area contributed by atoms with Crippen LogP contribution in [0.15, 0.2) is 9.85 Å². The van der Waals surface area contributed by atoms with E-state index in [1.54, 1.807) is 0 Å². The van der Waals surface area contributed by atoms with Gasteiger partial charge in [-0.05, 0) is 15.9 Å². The minimum Gasteiger partial charge on any atom is -0.140 e. The Morgan fingerprint density at radius 2 is 2.57 bits per heavy atom. The molecule has 1 radical (unpaired) electrons. The van der Waals surface area contributed by atoms with Gasteiger partial charge in [0.05, 0.1) is 14.9 Å². The number of hydrogen-bond acceptors (Lipinski definition) is 1. The van der Waals surface area contributed by atoms with Gasteiger partial charge in [-0.3, -0.25) is 0 Å².